The van der Waals surface area contributed by atoms with Crippen LogP contribution in [0.25, 0.3) is 0 Å². The number of hydrogen-bond acceptors (Lipinski definition) is 5. The van der Waals surface area contributed by atoms with Gasteiger partial charge < -0.3 is 20.1 Å². The highest BCUT2D eigenvalue weighted by Crippen LogP contribution is 2.14. The van der Waals surface area contributed by atoms with Crippen molar-refractivity contribution < 1.29 is 14.3 Å². The number of methoxy groups -OCH3 is 1. The third-order valence-corrected chi connectivity index (χ3v) is 3.32. The fraction of sp³-hybridized carbons (Fsp3) is 0.929. The number of carbonyl (C=O) groups is 1. The third-order valence-electron chi connectivity index (χ3n) is 3.32. The smallest absolute Gasteiger partial charge is 0.410 e. The summed E-state index contributed by atoms with van der Waals surface area (Å²) in [5, 5.41) is 0. The van der Waals surface area contributed by atoms with Gasteiger partial charge in [-0.2, -0.15) is 0 Å². The summed E-state index contributed by atoms with van der Waals surface area (Å²) in [5.41, 5.74) is 5.38. The van der Waals surface area contributed by atoms with E-state index in [1.54, 1.807) is 12.0 Å². The molecular weight excluding hydrogens is 258 g/mol. The summed E-state index contributed by atoms with van der Waals surface area (Å²) >= 11 is 0. The minimum Gasteiger partial charge on any atom is -0.444 e. The Morgan fingerprint density at radius 1 is 1.35 bits per heavy atom. The number of rotatable bonds is 5. The molecule has 118 valence electrons. The predicted molar refractivity (Wildman–Crippen MR) is 78.7 cm³/mol. The second-order valence-electron chi connectivity index (χ2n) is 6.20. The molecule has 1 atom stereocenters. The van der Waals surface area contributed by atoms with Crippen molar-refractivity contribution >= 4 is 6.09 Å². The van der Waals surface area contributed by atoms with Crippen LogP contribution in [0.5, 0.6) is 0 Å². The lowest BCUT2D eigenvalue weighted by Gasteiger charge is -2.41. The molecule has 0 aromatic heterocycles. The van der Waals surface area contributed by atoms with Gasteiger partial charge in [0.15, 0.2) is 0 Å². The van der Waals surface area contributed by atoms with E-state index in [1.165, 1.54) is 0 Å². The highest BCUT2D eigenvalue weighted by molar-refractivity contribution is 5.68. The van der Waals surface area contributed by atoms with E-state index in [0.29, 0.717) is 19.6 Å². The van der Waals surface area contributed by atoms with Gasteiger partial charge in [0.25, 0.3) is 0 Å². The Kier molecular flexibility index (Phi) is 6.71. The van der Waals surface area contributed by atoms with E-state index in [2.05, 4.69) is 4.90 Å². The van der Waals surface area contributed by atoms with Crippen molar-refractivity contribution in [2.24, 2.45) is 5.73 Å². The molecule has 1 heterocycles. The molecule has 1 unspecified atom stereocenters. The number of nitrogens with two attached hydrogens (primary N) is 1. The molecule has 6 nitrogen and oxygen atoms in total. The summed E-state index contributed by atoms with van der Waals surface area (Å²) in [5.74, 6) is 0. The van der Waals surface area contributed by atoms with Gasteiger partial charge in [0, 0.05) is 52.5 Å². The first-order chi connectivity index (χ1) is 9.37. The van der Waals surface area contributed by atoms with Gasteiger partial charge in [0.05, 0.1) is 0 Å². The van der Waals surface area contributed by atoms with Crippen molar-refractivity contribution in [2.45, 2.75) is 38.8 Å². The van der Waals surface area contributed by atoms with Gasteiger partial charge in [-0.05, 0) is 27.2 Å². The Hall–Kier alpha value is -0.850. The van der Waals surface area contributed by atoms with E-state index < -0.39 is 5.60 Å². The average Bonchev–Trinajstić information content (AvgIpc) is 2.37. The quantitative estimate of drug-likeness (QED) is 0.761. The second-order valence-corrected chi connectivity index (χ2v) is 6.20. The minimum atomic E-state index is -0.453. The SMILES string of the molecule is COCCCN1CCN(C(=O)OC(C)(C)C)CC1CN. The molecule has 2 N–H and O–H groups in total. The summed E-state index contributed by atoms with van der Waals surface area (Å²) in [6.07, 6.45) is 0.742. The molecule has 1 amide bonds. The van der Waals surface area contributed by atoms with Crippen LogP contribution in [-0.4, -0.2) is 74.0 Å². The van der Waals surface area contributed by atoms with E-state index in [4.69, 9.17) is 15.2 Å². The monoisotopic (exact) mass is 287 g/mol. The van der Waals surface area contributed by atoms with Crippen LogP contribution in [0.15, 0.2) is 0 Å². The summed E-state index contributed by atoms with van der Waals surface area (Å²) in [7, 11) is 1.71. The van der Waals surface area contributed by atoms with Crippen LogP contribution < -0.4 is 5.73 Å². The van der Waals surface area contributed by atoms with E-state index in [-0.39, 0.29) is 12.1 Å². The lowest BCUT2D eigenvalue weighted by molar-refractivity contribution is 0.00376. The maximum atomic E-state index is 12.1. The summed E-state index contributed by atoms with van der Waals surface area (Å²) in [4.78, 5) is 16.2. The third kappa shape index (κ3) is 5.64. The van der Waals surface area contributed by atoms with E-state index >= 15 is 0 Å². The van der Waals surface area contributed by atoms with E-state index in [1.807, 2.05) is 20.8 Å². The molecule has 1 rings (SSSR count). The van der Waals surface area contributed by atoms with Gasteiger partial charge in [-0.3, -0.25) is 4.90 Å². The van der Waals surface area contributed by atoms with E-state index in [9.17, 15) is 4.79 Å². The van der Waals surface area contributed by atoms with Crippen LogP contribution in [0.4, 0.5) is 4.79 Å². The molecule has 1 fully saturated rings. The van der Waals surface area contributed by atoms with Gasteiger partial charge in [-0.15, -0.1) is 0 Å². The molecule has 20 heavy (non-hydrogen) atoms. The zero-order valence-corrected chi connectivity index (χ0v) is 13.2. The number of amides is 1. The Balaban J connectivity index is 2.47. The summed E-state index contributed by atoms with van der Waals surface area (Å²) in [6, 6.07) is 0.202. The number of nitrogens with zero attached hydrogens (tertiary/aromatic N) is 2. The highest BCUT2D eigenvalue weighted by atomic mass is 16.6. The fourth-order valence-corrected chi connectivity index (χ4v) is 2.32. The van der Waals surface area contributed by atoms with Gasteiger partial charge in [-0.1, -0.05) is 0 Å². The molecular formula is C14H29N3O3. The molecule has 0 spiro atoms. The van der Waals surface area contributed by atoms with Crippen molar-refractivity contribution in [3.05, 3.63) is 0 Å². The molecule has 1 aliphatic rings. The molecule has 0 aliphatic carbocycles. The van der Waals surface area contributed by atoms with Crippen LogP contribution in [0.1, 0.15) is 27.2 Å². The van der Waals surface area contributed by atoms with Crippen LogP contribution in [0.3, 0.4) is 0 Å². The van der Waals surface area contributed by atoms with Gasteiger partial charge >= 0.3 is 6.09 Å². The molecule has 0 bridgehead atoms. The molecule has 0 radical (unpaired) electrons. The highest BCUT2D eigenvalue weighted by Gasteiger charge is 2.30. The largest absolute Gasteiger partial charge is 0.444 e. The molecule has 0 aromatic rings. The Bertz CT molecular complexity index is 305. The fourth-order valence-electron chi connectivity index (χ4n) is 2.32. The standard InChI is InChI=1S/C14H29N3O3/c1-14(2,3)20-13(18)17-8-7-16(6-5-9-19-4)12(10-15)11-17/h12H,5-11,15H2,1-4H3. The zero-order chi connectivity index (χ0) is 15.2. The number of piperazine rings is 1. The molecule has 1 saturated heterocycles. The number of carbonyl (C=O) groups excluding carboxylic acids is 1. The summed E-state index contributed by atoms with van der Waals surface area (Å²) in [6.45, 7) is 10.1. The molecule has 1 aliphatic heterocycles. The average molecular weight is 287 g/mol. The predicted octanol–water partition coefficient (Wildman–Crippen LogP) is 0.903. The molecule has 0 saturated carbocycles. The number of hydrogen-bond donors (Lipinski definition) is 1. The van der Waals surface area contributed by atoms with Crippen molar-refractivity contribution in [1.82, 2.24) is 9.80 Å². The topological polar surface area (TPSA) is 68.0 Å². The summed E-state index contributed by atoms with van der Waals surface area (Å²) < 4.78 is 10.5. The normalized spacial score (nSPS) is 21.1. The van der Waals surface area contributed by atoms with Crippen LogP contribution in [-0.2, 0) is 9.47 Å². The molecule has 0 aromatic carbocycles. The lowest BCUT2D eigenvalue weighted by Crippen LogP contribution is -2.58. The van der Waals surface area contributed by atoms with Crippen LogP contribution >= 0.6 is 0 Å². The van der Waals surface area contributed by atoms with Crippen molar-refractivity contribution in [2.75, 3.05) is 46.4 Å². The Morgan fingerprint density at radius 3 is 2.60 bits per heavy atom. The molecule has 6 heteroatoms. The first kappa shape index (κ1) is 17.2. The lowest BCUT2D eigenvalue weighted by atomic mass is 10.1. The van der Waals surface area contributed by atoms with Crippen LogP contribution in [0.2, 0.25) is 0 Å². The minimum absolute atomic E-state index is 0.202. The van der Waals surface area contributed by atoms with Crippen molar-refractivity contribution in [1.29, 1.82) is 0 Å². The Morgan fingerprint density at radius 2 is 2.05 bits per heavy atom. The van der Waals surface area contributed by atoms with Gasteiger partial charge in [0.2, 0.25) is 0 Å². The maximum Gasteiger partial charge on any atom is 0.410 e. The number of ether oxygens (including phenoxy) is 2. The van der Waals surface area contributed by atoms with E-state index in [0.717, 1.165) is 26.1 Å². The first-order valence-electron chi connectivity index (χ1n) is 7.28. The Labute approximate surface area is 122 Å². The first-order valence-corrected chi connectivity index (χ1v) is 7.28. The second kappa shape index (κ2) is 7.81. The van der Waals surface area contributed by atoms with Crippen molar-refractivity contribution in [3.8, 4) is 0 Å². The van der Waals surface area contributed by atoms with Gasteiger partial charge in [-0.25, -0.2) is 4.79 Å². The van der Waals surface area contributed by atoms with Crippen molar-refractivity contribution in [3.63, 3.8) is 0 Å². The van der Waals surface area contributed by atoms with Gasteiger partial charge in [0.1, 0.15) is 5.60 Å². The van der Waals surface area contributed by atoms with Crippen LogP contribution in [0, 0.1) is 0 Å². The maximum absolute atomic E-state index is 12.1. The zero-order valence-electron chi connectivity index (χ0n) is 13.2.